The normalized spacial score (nSPS) is 16.8. The number of hydrogen-bond acceptors (Lipinski definition) is 4. The molecule has 6 heteroatoms. The fourth-order valence-corrected chi connectivity index (χ4v) is 2.87. The van der Waals surface area contributed by atoms with E-state index in [1.54, 1.807) is 29.2 Å². The van der Waals surface area contributed by atoms with E-state index in [4.69, 9.17) is 0 Å². The number of amides is 1. The molecule has 1 aliphatic rings. The summed E-state index contributed by atoms with van der Waals surface area (Å²) in [6, 6.07) is 2.80. The highest BCUT2D eigenvalue weighted by Gasteiger charge is 2.25. The van der Waals surface area contributed by atoms with Crippen LogP contribution in [0.25, 0.3) is 5.65 Å². The molecule has 0 atom stereocenters. The maximum Gasteiger partial charge on any atom is 0.259 e. The zero-order valence-corrected chi connectivity index (χ0v) is 12.5. The summed E-state index contributed by atoms with van der Waals surface area (Å²) in [5.41, 5.74) is 1.22. The summed E-state index contributed by atoms with van der Waals surface area (Å²) < 4.78 is 1.64. The molecule has 3 rings (SSSR count). The van der Waals surface area contributed by atoms with Crippen molar-refractivity contribution in [2.75, 3.05) is 13.1 Å². The van der Waals surface area contributed by atoms with E-state index in [2.05, 4.69) is 29.2 Å². The molecule has 1 fully saturated rings. The second-order valence-corrected chi connectivity index (χ2v) is 5.83. The number of nitrogens with one attached hydrogen (secondary N) is 1. The fourth-order valence-electron chi connectivity index (χ4n) is 2.87. The Morgan fingerprint density at radius 2 is 2.14 bits per heavy atom. The van der Waals surface area contributed by atoms with Crippen molar-refractivity contribution in [1.29, 1.82) is 0 Å². The number of carbonyl (C=O) groups excluding carboxylic acids is 1. The van der Waals surface area contributed by atoms with E-state index in [9.17, 15) is 4.79 Å². The van der Waals surface area contributed by atoms with Crippen LogP contribution in [0.2, 0.25) is 0 Å². The Bertz CT molecular complexity index is 628. The van der Waals surface area contributed by atoms with Crippen LogP contribution in [0.3, 0.4) is 0 Å². The molecule has 1 saturated heterocycles. The first-order valence-corrected chi connectivity index (χ1v) is 7.49. The number of hydrogen-bond donors (Lipinski definition) is 1. The Hall–Kier alpha value is -1.95. The molecule has 0 radical (unpaired) electrons. The summed E-state index contributed by atoms with van der Waals surface area (Å²) in [7, 11) is 0. The standard InChI is InChI=1S/C15H21N5O/c1-11(2)18-12-4-8-19(9-5-12)15(21)13-10-17-20-7-3-6-16-14(13)20/h3,6-7,10-12,18H,4-5,8-9H2,1-2H3. The van der Waals surface area contributed by atoms with Gasteiger partial charge in [0.1, 0.15) is 5.56 Å². The topological polar surface area (TPSA) is 62.5 Å². The first-order chi connectivity index (χ1) is 10.1. The fraction of sp³-hybridized carbons (Fsp3) is 0.533. The van der Waals surface area contributed by atoms with Gasteiger partial charge in [-0.15, -0.1) is 0 Å². The lowest BCUT2D eigenvalue weighted by atomic mass is 10.0. The monoisotopic (exact) mass is 287 g/mol. The molecule has 0 bridgehead atoms. The van der Waals surface area contributed by atoms with Crippen molar-refractivity contribution in [2.24, 2.45) is 0 Å². The molecule has 2 aromatic heterocycles. The minimum absolute atomic E-state index is 0.0340. The molecule has 0 aliphatic carbocycles. The van der Waals surface area contributed by atoms with E-state index in [0.717, 1.165) is 25.9 Å². The summed E-state index contributed by atoms with van der Waals surface area (Å²) >= 11 is 0. The van der Waals surface area contributed by atoms with Crippen molar-refractivity contribution in [3.8, 4) is 0 Å². The highest BCUT2D eigenvalue weighted by Crippen LogP contribution is 2.16. The number of nitrogens with zero attached hydrogens (tertiary/aromatic N) is 4. The lowest BCUT2D eigenvalue weighted by Gasteiger charge is -2.33. The van der Waals surface area contributed by atoms with E-state index in [1.807, 2.05) is 4.90 Å². The number of piperidine rings is 1. The summed E-state index contributed by atoms with van der Waals surface area (Å²) in [6.07, 6.45) is 7.10. The third-order valence-corrected chi connectivity index (χ3v) is 3.86. The predicted octanol–water partition coefficient (Wildman–Crippen LogP) is 1.33. The van der Waals surface area contributed by atoms with Crippen LogP contribution in [0, 0.1) is 0 Å². The molecule has 21 heavy (non-hydrogen) atoms. The van der Waals surface area contributed by atoms with Crippen LogP contribution < -0.4 is 5.32 Å². The van der Waals surface area contributed by atoms with E-state index >= 15 is 0 Å². The van der Waals surface area contributed by atoms with Crippen molar-refractivity contribution in [1.82, 2.24) is 24.8 Å². The summed E-state index contributed by atoms with van der Waals surface area (Å²) in [4.78, 5) is 18.8. The van der Waals surface area contributed by atoms with Gasteiger partial charge in [0.2, 0.25) is 0 Å². The summed E-state index contributed by atoms with van der Waals surface area (Å²) in [6.45, 7) is 5.88. The van der Waals surface area contributed by atoms with Gasteiger partial charge in [0.25, 0.3) is 5.91 Å². The highest BCUT2D eigenvalue weighted by molar-refractivity contribution is 5.99. The maximum absolute atomic E-state index is 12.6. The van der Waals surface area contributed by atoms with Crippen molar-refractivity contribution < 1.29 is 4.79 Å². The van der Waals surface area contributed by atoms with Gasteiger partial charge >= 0.3 is 0 Å². The van der Waals surface area contributed by atoms with E-state index in [-0.39, 0.29) is 5.91 Å². The van der Waals surface area contributed by atoms with Gasteiger partial charge < -0.3 is 10.2 Å². The van der Waals surface area contributed by atoms with Crippen LogP contribution in [0.4, 0.5) is 0 Å². The molecule has 0 unspecified atom stereocenters. The lowest BCUT2D eigenvalue weighted by molar-refractivity contribution is 0.0705. The molecule has 0 spiro atoms. The third kappa shape index (κ3) is 2.90. The molecular weight excluding hydrogens is 266 g/mol. The van der Waals surface area contributed by atoms with Crippen LogP contribution in [0.15, 0.2) is 24.7 Å². The molecule has 2 aromatic rings. The first-order valence-electron chi connectivity index (χ1n) is 7.49. The van der Waals surface area contributed by atoms with Crippen molar-refractivity contribution in [2.45, 2.75) is 38.8 Å². The number of likely N-dealkylation sites (tertiary alicyclic amines) is 1. The highest BCUT2D eigenvalue weighted by atomic mass is 16.2. The van der Waals surface area contributed by atoms with Crippen LogP contribution in [0.5, 0.6) is 0 Å². The van der Waals surface area contributed by atoms with Gasteiger partial charge in [-0.3, -0.25) is 4.79 Å². The molecular formula is C15H21N5O. The van der Waals surface area contributed by atoms with Crippen LogP contribution >= 0.6 is 0 Å². The van der Waals surface area contributed by atoms with Gasteiger partial charge in [-0.1, -0.05) is 13.8 Å². The lowest BCUT2D eigenvalue weighted by Crippen LogP contribution is -2.46. The number of aromatic nitrogens is 3. The van der Waals surface area contributed by atoms with E-state index < -0.39 is 0 Å². The van der Waals surface area contributed by atoms with Crippen molar-refractivity contribution in [3.63, 3.8) is 0 Å². The Labute approximate surface area is 124 Å². The molecule has 112 valence electrons. The molecule has 3 heterocycles. The zero-order chi connectivity index (χ0) is 14.8. The van der Waals surface area contributed by atoms with Crippen LogP contribution in [0.1, 0.15) is 37.0 Å². The zero-order valence-electron chi connectivity index (χ0n) is 12.5. The van der Waals surface area contributed by atoms with Gasteiger partial charge in [0.05, 0.1) is 6.20 Å². The Balaban J connectivity index is 1.69. The van der Waals surface area contributed by atoms with Gasteiger partial charge in [0.15, 0.2) is 5.65 Å². The van der Waals surface area contributed by atoms with Gasteiger partial charge in [-0.05, 0) is 18.9 Å². The predicted molar refractivity (Wildman–Crippen MR) is 80.2 cm³/mol. The minimum Gasteiger partial charge on any atom is -0.338 e. The smallest absolute Gasteiger partial charge is 0.259 e. The van der Waals surface area contributed by atoms with E-state index in [0.29, 0.717) is 23.3 Å². The van der Waals surface area contributed by atoms with E-state index in [1.165, 1.54) is 0 Å². The van der Waals surface area contributed by atoms with Gasteiger partial charge in [0, 0.05) is 37.6 Å². The maximum atomic E-state index is 12.6. The summed E-state index contributed by atoms with van der Waals surface area (Å²) in [5, 5.41) is 7.72. The largest absolute Gasteiger partial charge is 0.338 e. The Morgan fingerprint density at radius 1 is 1.38 bits per heavy atom. The Morgan fingerprint density at radius 3 is 2.86 bits per heavy atom. The quantitative estimate of drug-likeness (QED) is 0.925. The number of rotatable bonds is 3. The first kappa shape index (κ1) is 14.0. The Kier molecular flexibility index (Phi) is 3.88. The summed E-state index contributed by atoms with van der Waals surface area (Å²) in [5.74, 6) is 0.0340. The molecule has 6 nitrogen and oxygen atoms in total. The second-order valence-electron chi connectivity index (χ2n) is 5.83. The minimum atomic E-state index is 0.0340. The number of fused-ring (bicyclic) bond motifs is 1. The molecule has 1 N–H and O–H groups in total. The molecule has 1 amide bonds. The average molecular weight is 287 g/mol. The van der Waals surface area contributed by atoms with Gasteiger partial charge in [-0.2, -0.15) is 5.10 Å². The number of carbonyl (C=O) groups is 1. The van der Waals surface area contributed by atoms with Crippen molar-refractivity contribution in [3.05, 3.63) is 30.2 Å². The second kappa shape index (κ2) is 5.81. The van der Waals surface area contributed by atoms with Crippen LogP contribution in [-0.4, -0.2) is 50.6 Å². The average Bonchev–Trinajstić information content (AvgIpc) is 2.90. The SMILES string of the molecule is CC(C)NC1CCN(C(=O)c2cnn3cccnc23)CC1. The van der Waals surface area contributed by atoms with Crippen molar-refractivity contribution >= 4 is 11.6 Å². The molecule has 1 aliphatic heterocycles. The van der Waals surface area contributed by atoms with Crippen LogP contribution in [-0.2, 0) is 0 Å². The van der Waals surface area contributed by atoms with Gasteiger partial charge in [-0.25, -0.2) is 9.50 Å². The molecule has 0 aromatic carbocycles. The molecule has 0 saturated carbocycles. The third-order valence-electron chi connectivity index (χ3n) is 3.86.